The molecule has 2 aromatic heterocycles. The zero-order valence-corrected chi connectivity index (χ0v) is 17.1. The summed E-state index contributed by atoms with van der Waals surface area (Å²) in [4.78, 5) is 28.2. The van der Waals surface area contributed by atoms with E-state index in [1.807, 2.05) is 0 Å². The van der Waals surface area contributed by atoms with E-state index in [9.17, 15) is 22.8 Å². The predicted molar refractivity (Wildman–Crippen MR) is 105 cm³/mol. The van der Waals surface area contributed by atoms with Gasteiger partial charge in [-0.25, -0.2) is 15.3 Å². The fourth-order valence-electron chi connectivity index (χ4n) is 2.51. The minimum absolute atomic E-state index is 0.0192. The van der Waals surface area contributed by atoms with Gasteiger partial charge in [0.15, 0.2) is 5.65 Å². The van der Waals surface area contributed by atoms with Crippen LogP contribution in [0.4, 0.5) is 13.2 Å². The van der Waals surface area contributed by atoms with Gasteiger partial charge in [0.25, 0.3) is 5.91 Å². The average Bonchev–Trinajstić information content (AvgIpc) is 3.11. The number of hydrogen-bond donors (Lipinski definition) is 4. The van der Waals surface area contributed by atoms with E-state index in [4.69, 9.17) is 11.6 Å². The molecular formula is C18H25F3N8O2. The van der Waals surface area contributed by atoms with E-state index in [1.54, 1.807) is 26.1 Å². The Bertz CT molecular complexity index is 955. The molecule has 2 heterocycles. The van der Waals surface area contributed by atoms with Crippen molar-refractivity contribution in [3.8, 4) is 0 Å². The molecule has 6 N–H and O–H groups in total. The molecule has 0 unspecified atom stereocenters. The highest BCUT2D eigenvalue weighted by Gasteiger charge is 2.27. The minimum Gasteiger partial charge on any atom is -0.403 e. The molecule has 0 aliphatic rings. The second kappa shape index (κ2) is 10.1. The topological polar surface area (TPSA) is 144 Å². The molecule has 0 spiro atoms. The monoisotopic (exact) mass is 442 g/mol. The van der Waals surface area contributed by atoms with E-state index in [0.717, 1.165) is 6.20 Å². The van der Waals surface area contributed by atoms with Crippen LogP contribution in [0.25, 0.3) is 5.65 Å². The lowest BCUT2D eigenvalue weighted by atomic mass is 10.2. The van der Waals surface area contributed by atoms with Crippen molar-refractivity contribution in [2.75, 3.05) is 0 Å². The number of alkyl halides is 3. The van der Waals surface area contributed by atoms with Crippen LogP contribution in [-0.2, 0) is 22.7 Å². The largest absolute Gasteiger partial charge is 0.403 e. The molecule has 2 rings (SSSR count). The van der Waals surface area contributed by atoms with E-state index in [0.29, 0.717) is 16.9 Å². The maximum atomic E-state index is 12.3. The number of hydrazine groups is 1. The number of carbonyl (C=O) groups is 2. The van der Waals surface area contributed by atoms with Crippen molar-refractivity contribution >= 4 is 17.5 Å². The lowest BCUT2D eigenvalue weighted by Gasteiger charge is -2.24. The zero-order chi connectivity index (χ0) is 23.2. The number of amides is 2. The van der Waals surface area contributed by atoms with E-state index < -0.39 is 30.8 Å². The van der Waals surface area contributed by atoms with Crippen LogP contribution in [0.3, 0.4) is 0 Å². The van der Waals surface area contributed by atoms with Crippen molar-refractivity contribution in [2.24, 2.45) is 11.6 Å². The molecule has 170 valence electrons. The van der Waals surface area contributed by atoms with Gasteiger partial charge in [-0.15, -0.1) is 0 Å². The van der Waals surface area contributed by atoms with Crippen molar-refractivity contribution in [1.29, 1.82) is 0 Å². The van der Waals surface area contributed by atoms with E-state index in [2.05, 4.69) is 20.7 Å². The molecule has 2 amide bonds. The number of imidazole rings is 1. The Hall–Kier alpha value is -3.35. The summed E-state index contributed by atoms with van der Waals surface area (Å²) in [5, 5.41) is 10.5. The first-order valence-corrected chi connectivity index (χ1v) is 9.41. The molecule has 0 saturated heterocycles. The van der Waals surface area contributed by atoms with Gasteiger partial charge in [0.1, 0.15) is 5.70 Å². The second-order valence-electron chi connectivity index (χ2n) is 7.03. The third-order valence-corrected chi connectivity index (χ3v) is 4.21. The van der Waals surface area contributed by atoms with Gasteiger partial charge in [0, 0.05) is 25.2 Å². The quantitative estimate of drug-likeness (QED) is 0.254. The summed E-state index contributed by atoms with van der Waals surface area (Å²) in [7, 11) is 0. The Morgan fingerprint density at radius 2 is 2.00 bits per heavy atom. The Kier molecular flexibility index (Phi) is 7.80. The van der Waals surface area contributed by atoms with E-state index in [-0.39, 0.29) is 24.8 Å². The number of nitrogens with two attached hydrogens (primary N) is 2. The first-order valence-electron chi connectivity index (χ1n) is 9.41. The highest BCUT2D eigenvalue weighted by atomic mass is 19.4. The summed E-state index contributed by atoms with van der Waals surface area (Å²) in [6.07, 6.45) is -2.00. The highest BCUT2D eigenvalue weighted by Crippen LogP contribution is 2.21. The standard InChI is InChI=1S/C18H25F3N8O2/c1-11(2)29(23)14(6-22)17(31)25-9-13-10-28-15(27-13)5-12(8-26-28)7-24-16(30)3-4-18(19,20)21/h5-6,8,10-11H,3-4,7,9,22-23H2,1-2H3,(H,24,30)(H,25,31)/b14-6-. The molecule has 0 aliphatic heterocycles. The molecule has 0 bridgehead atoms. The van der Waals surface area contributed by atoms with Gasteiger partial charge >= 0.3 is 6.18 Å². The third-order valence-electron chi connectivity index (χ3n) is 4.21. The van der Waals surface area contributed by atoms with Crippen molar-refractivity contribution in [3.63, 3.8) is 0 Å². The summed E-state index contributed by atoms with van der Waals surface area (Å²) in [6.45, 7) is 3.72. The van der Waals surface area contributed by atoms with Crippen molar-refractivity contribution in [1.82, 2.24) is 30.2 Å². The first kappa shape index (κ1) is 23.9. The summed E-state index contributed by atoms with van der Waals surface area (Å²) < 4.78 is 38.0. The van der Waals surface area contributed by atoms with Crippen LogP contribution in [0.15, 0.2) is 30.4 Å². The van der Waals surface area contributed by atoms with Gasteiger partial charge in [-0.1, -0.05) is 0 Å². The number of rotatable bonds is 9. The van der Waals surface area contributed by atoms with Crippen LogP contribution < -0.4 is 22.2 Å². The molecule has 31 heavy (non-hydrogen) atoms. The number of fused-ring (bicyclic) bond motifs is 1. The highest BCUT2D eigenvalue weighted by molar-refractivity contribution is 5.92. The number of aromatic nitrogens is 3. The van der Waals surface area contributed by atoms with Crippen LogP contribution in [0.1, 0.15) is 37.9 Å². The van der Waals surface area contributed by atoms with Crippen LogP contribution in [0, 0.1) is 0 Å². The number of halogens is 3. The first-order chi connectivity index (χ1) is 14.5. The fraction of sp³-hybridized carbons (Fsp3) is 0.444. The van der Waals surface area contributed by atoms with Gasteiger partial charge in [-0.2, -0.15) is 18.3 Å². The lowest BCUT2D eigenvalue weighted by Crippen LogP contribution is -2.43. The summed E-state index contributed by atoms with van der Waals surface area (Å²) >= 11 is 0. The zero-order valence-electron chi connectivity index (χ0n) is 17.1. The van der Waals surface area contributed by atoms with E-state index in [1.165, 1.54) is 15.7 Å². The van der Waals surface area contributed by atoms with Crippen LogP contribution >= 0.6 is 0 Å². The maximum absolute atomic E-state index is 12.3. The predicted octanol–water partition coefficient (Wildman–Crippen LogP) is 0.688. The molecule has 0 aromatic carbocycles. The SMILES string of the molecule is CC(C)N(N)/C(=C\N)C(=O)NCc1cn2ncc(CNC(=O)CCC(F)(F)F)cc2n1. The Balaban J connectivity index is 1.95. The molecule has 0 saturated carbocycles. The summed E-state index contributed by atoms with van der Waals surface area (Å²) in [5.41, 5.74) is 7.13. The van der Waals surface area contributed by atoms with Crippen LogP contribution in [-0.4, -0.2) is 43.6 Å². The molecule has 0 aliphatic carbocycles. The second-order valence-corrected chi connectivity index (χ2v) is 7.03. The maximum Gasteiger partial charge on any atom is 0.389 e. The van der Waals surface area contributed by atoms with Gasteiger partial charge in [0.05, 0.1) is 31.1 Å². The number of nitrogens with zero attached hydrogens (tertiary/aromatic N) is 4. The summed E-state index contributed by atoms with van der Waals surface area (Å²) in [5.74, 6) is 4.65. The van der Waals surface area contributed by atoms with Gasteiger partial charge < -0.3 is 21.4 Å². The van der Waals surface area contributed by atoms with Gasteiger partial charge in [-0.3, -0.25) is 9.59 Å². The van der Waals surface area contributed by atoms with Gasteiger partial charge in [0.2, 0.25) is 5.91 Å². The molecule has 2 aromatic rings. The molecule has 10 nitrogen and oxygen atoms in total. The number of nitrogens with one attached hydrogen (secondary N) is 2. The van der Waals surface area contributed by atoms with E-state index >= 15 is 0 Å². The average molecular weight is 442 g/mol. The summed E-state index contributed by atoms with van der Waals surface area (Å²) in [6, 6.07) is 1.50. The third kappa shape index (κ3) is 7.13. The van der Waals surface area contributed by atoms with Crippen molar-refractivity contribution < 1.29 is 22.8 Å². The fourth-order valence-corrected chi connectivity index (χ4v) is 2.51. The number of hydrogen-bond acceptors (Lipinski definition) is 7. The van der Waals surface area contributed by atoms with Gasteiger partial charge in [-0.05, 0) is 25.5 Å². The smallest absolute Gasteiger partial charge is 0.389 e. The molecule has 0 atom stereocenters. The van der Waals surface area contributed by atoms with Crippen molar-refractivity contribution in [3.05, 3.63) is 41.6 Å². The Morgan fingerprint density at radius 3 is 2.61 bits per heavy atom. The normalized spacial score (nSPS) is 12.3. The molecule has 0 fully saturated rings. The van der Waals surface area contributed by atoms with Crippen LogP contribution in [0.5, 0.6) is 0 Å². The molecular weight excluding hydrogens is 417 g/mol. The lowest BCUT2D eigenvalue weighted by molar-refractivity contribution is -0.144. The Morgan fingerprint density at radius 1 is 1.29 bits per heavy atom. The number of carbonyl (C=O) groups excluding carboxylic acids is 2. The molecule has 13 heteroatoms. The van der Waals surface area contributed by atoms with Crippen molar-refractivity contribution in [2.45, 2.75) is 52.0 Å². The Labute approximate surface area is 176 Å². The van der Waals surface area contributed by atoms with Crippen LogP contribution in [0.2, 0.25) is 0 Å². The molecule has 0 radical (unpaired) electrons. The minimum atomic E-state index is -4.38.